The minimum atomic E-state index is -0.994. The van der Waals surface area contributed by atoms with Crippen LogP contribution < -0.4 is 9.64 Å². The van der Waals surface area contributed by atoms with Crippen molar-refractivity contribution in [3.05, 3.63) is 47.9 Å². The molecule has 24 heavy (non-hydrogen) atoms. The molecular weight excluding hydrogens is 510 g/mol. The van der Waals surface area contributed by atoms with E-state index in [1.54, 1.807) is 35.2 Å². The molecule has 2 heterocycles. The third-order valence-electron chi connectivity index (χ3n) is 3.59. The van der Waals surface area contributed by atoms with Crippen LogP contribution in [0.2, 0.25) is 0 Å². The Balaban J connectivity index is 1.83. The predicted molar refractivity (Wildman–Crippen MR) is 100 cm³/mol. The smallest absolute Gasteiger partial charge is 0.379 e. The SMILES string of the molecule is O=C(Oc1ccc2c(c1)CCCN2C(=O)C(Br)(Br)Br)c1ccco1. The number of benzene rings is 1. The van der Waals surface area contributed by atoms with E-state index in [9.17, 15) is 9.59 Å². The number of alkyl halides is 3. The van der Waals surface area contributed by atoms with Crippen LogP contribution in [0.3, 0.4) is 0 Å². The van der Waals surface area contributed by atoms with Crippen molar-refractivity contribution in [3.8, 4) is 5.75 Å². The molecule has 0 radical (unpaired) electrons. The van der Waals surface area contributed by atoms with Gasteiger partial charge in [-0.2, -0.15) is 0 Å². The van der Waals surface area contributed by atoms with Gasteiger partial charge in [0.2, 0.25) is 7.90 Å². The van der Waals surface area contributed by atoms with Crippen molar-refractivity contribution in [3.63, 3.8) is 0 Å². The van der Waals surface area contributed by atoms with Crippen molar-refractivity contribution in [2.45, 2.75) is 15.0 Å². The van der Waals surface area contributed by atoms with E-state index in [4.69, 9.17) is 9.15 Å². The summed E-state index contributed by atoms with van der Waals surface area (Å²) >= 11 is 9.79. The number of amides is 1. The standard InChI is InChI=1S/C16H12Br3NO4/c17-16(18,19)15(22)20-7-1-3-10-9-11(5-6-12(10)20)24-14(21)13-4-2-8-23-13/h2,4-6,8-9H,1,3,7H2. The zero-order valence-corrected chi connectivity index (χ0v) is 17.1. The highest BCUT2D eigenvalue weighted by atomic mass is 80.0. The minimum absolute atomic E-state index is 0.146. The van der Waals surface area contributed by atoms with Crippen molar-refractivity contribution >= 4 is 65.4 Å². The van der Waals surface area contributed by atoms with E-state index < -0.39 is 8.11 Å². The van der Waals surface area contributed by atoms with E-state index in [-0.39, 0.29) is 11.7 Å². The molecule has 0 spiro atoms. The number of aryl methyl sites for hydroxylation is 1. The Labute approximate surface area is 163 Å². The quantitative estimate of drug-likeness (QED) is 0.329. The lowest BCUT2D eigenvalue weighted by molar-refractivity contribution is -0.117. The van der Waals surface area contributed by atoms with Gasteiger partial charge >= 0.3 is 5.97 Å². The molecule has 5 nitrogen and oxygen atoms in total. The number of anilines is 1. The fraction of sp³-hybridized carbons (Fsp3) is 0.250. The minimum Gasteiger partial charge on any atom is -0.457 e. The maximum Gasteiger partial charge on any atom is 0.379 e. The van der Waals surface area contributed by atoms with E-state index in [1.807, 2.05) is 0 Å². The first-order chi connectivity index (χ1) is 11.4. The second kappa shape index (κ2) is 7.01. The van der Waals surface area contributed by atoms with Gasteiger partial charge in [0.25, 0.3) is 5.91 Å². The van der Waals surface area contributed by atoms with Gasteiger partial charge in [0.05, 0.1) is 6.26 Å². The lowest BCUT2D eigenvalue weighted by atomic mass is 10.0. The zero-order chi connectivity index (χ0) is 17.3. The van der Waals surface area contributed by atoms with Gasteiger partial charge in [-0.15, -0.1) is 0 Å². The van der Waals surface area contributed by atoms with E-state index in [0.29, 0.717) is 12.3 Å². The van der Waals surface area contributed by atoms with Crippen molar-refractivity contribution in [2.75, 3.05) is 11.4 Å². The van der Waals surface area contributed by atoms with Crippen molar-refractivity contribution < 1.29 is 18.7 Å². The summed E-state index contributed by atoms with van der Waals surface area (Å²) in [6.45, 7) is 0.627. The first kappa shape index (κ1) is 17.7. The second-order valence-electron chi connectivity index (χ2n) is 5.22. The molecule has 0 bridgehead atoms. The number of carbonyl (C=O) groups is 2. The van der Waals surface area contributed by atoms with Crippen LogP contribution in [0.1, 0.15) is 22.5 Å². The summed E-state index contributed by atoms with van der Waals surface area (Å²) in [6, 6.07) is 8.41. The molecule has 2 aromatic rings. The van der Waals surface area contributed by atoms with Crippen molar-refractivity contribution in [1.29, 1.82) is 0 Å². The molecule has 0 atom stereocenters. The van der Waals surface area contributed by atoms with Crippen molar-refractivity contribution in [1.82, 2.24) is 0 Å². The monoisotopic (exact) mass is 519 g/mol. The van der Waals surface area contributed by atoms with Crippen LogP contribution in [0.15, 0.2) is 41.0 Å². The third kappa shape index (κ3) is 3.75. The molecule has 0 N–H and O–H groups in total. The fourth-order valence-electron chi connectivity index (χ4n) is 2.55. The highest BCUT2D eigenvalue weighted by molar-refractivity contribution is 9.40. The summed E-state index contributed by atoms with van der Waals surface area (Å²) in [4.78, 5) is 26.1. The van der Waals surface area contributed by atoms with Crippen LogP contribution >= 0.6 is 47.8 Å². The molecule has 126 valence electrons. The Hall–Kier alpha value is -1.12. The topological polar surface area (TPSA) is 59.8 Å². The molecule has 1 aliphatic heterocycles. The average molecular weight is 522 g/mol. The first-order valence-corrected chi connectivity index (χ1v) is 9.51. The number of hydrogen-bond donors (Lipinski definition) is 0. The number of nitrogens with zero attached hydrogens (tertiary/aromatic N) is 1. The van der Waals surface area contributed by atoms with Crippen LogP contribution in [0.5, 0.6) is 5.75 Å². The fourth-order valence-corrected chi connectivity index (χ4v) is 3.20. The summed E-state index contributed by atoms with van der Waals surface area (Å²) in [7, 11) is 0. The summed E-state index contributed by atoms with van der Waals surface area (Å²) in [6.07, 6.45) is 3.06. The number of fused-ring (bicyclic) bond motifs is 1. The summed E-state index contributed by atoms with van der Waals surface area (Å²) in [5, 5.41) is 0. The highest BCUT2D eigenvalue weighted by Crippen LogP contribution is 2.39. The van der Waals surface area contributed by atoms with E-state index in [0.717, 1.165) is 24.1 Å². The summed E-state index contributed by atoms with van der Waals surface area (Å²) < 4.78 is 9.35. The van der Waals surface area contributed by atoms with Crippen molar-refractivity contribution in [2.24, 2.45) is 0 Å². The number of ether oxygens (including phenoxy) is 1. The van der Waals surface area contributed by atoms with Gasteiger partial charge in [-0.1, -0.05) is 0 Å². The van der Waals surface area contributed by atoms with E-state index in [1.165, 1.54) is 6.26 Å². The van der Waals surface area contributed by atoms with Gasteiger partial charge < -0.3 is 14.1 Å². The number of esters is 1. The molecule has 1 aliphatic rings. The van der Waals surface area contributed by atoms with Gasteiger partial charge in [-0.05, 0) is 96.5 Å². The number of carbonyl (C=O) groups excluding carboxylic acids is 2. The molecule has 0 unspecified atom stereocenters. The molecule has 1 aromatic carbocycles. The van der Waals surface area contributed by atoms with Crippen LogP contribution in [0.25, 0.3) is 0 Å². The van der Waals surface area contributed by atoms with Gasteiger partial charge in [0.15, 0.2) is 0 Å². The van der Waals surface area contributed by atoms with Crippen LogP contribution in [-0.2, 0) is 11.2 Å². The molecule has 0 saturated carbocycles. The lowest BCUT2D eigenvalue weighted by Gasteiger charge is -2.32. The molecule has 3 rings (SSSR count). The van der Waals surface area contributed by atoms with Gasteiger partial charge in [0, 0.05) is 12.2 Å². The average Bonchev–Trinajstić information content (AvgIpc) is 3.07. The first-order valence-electron chi connectivity index (χ1n) is 7.13. The van der Waals surface area contributed by atoms with Crippen LogP contribution in [0.4, 0.5) is 5.69 Å². The van der Waals surface area contributed by atoms with E-state index in [2.05, 4.69) is 47.8 Å². The Bertz CT molecular complexity index is 768. The Morgan fingerprint density at radius 1 is 1.21 bits per heavy atom. The zero-order valence-electron chi connectivity index (χ0n) is 12.3. The Morgan fingerprint density at radius 3 is 2.67 bits per heavy atom. The maximum atomic E-state index is 12.5. The predicted octanol–water partition coefficient (Wildman–Crippen LogP) is 4.62. The normalized spacial score (nSPS) is 14.2. The van der Waals surface area contributed by atoms with Crippen LogP contribution in [-0.4, -0.2) is 20.6 Å². The maximum absolute atomic E-state index is 12.5. The van der Waals surface area contributed by atoms with Gasteiger partial charge in [-0.3, -0.25) is 4.79 Å². The third-order valence-corrected chi connectivity index (χ3v) is 4.61. The summed E-state index contributed by atoms with van der Waals surface area (Å²) in [5.74, 6) is -0.132. The molecule has 1 amide bonds. The Morgan fingerprint density at radius 2 is 2.00 bits per heavy atom. The second-order valence-corrected chi connectivity index (χ2v) is 12.0. The molecular formula is C16H12Br3NO4. The molecule has 8 heteroatoms. The number of furan rings is 1. The van der Waals surface area contributed by atoms with Crippen LogP contribution in [0, 0.1) is 0 Å². The lowest BCUT2D eigenvalue weighted by Crippen LogP contribution is -2.41. The molecule has 0 aliphatic carbocycles. The number of rotatable bonds is 2. The largest absolute Gasteiger partial charge is 0.457 e. The van der Waals surface area contributed by atoms with E-state index >= 15 is 0 Å². The molecule has 0 fully saturated rings. The highest BCUT2D eigenvalue weighted by Gasteiger charge is 2.36. The number of halogens is 3. The molecule has 1 aromatic heterocycles. The Kier molecular flexibility index (Phi) is 5.17. The molecule has 0 saturated heterocycles. The van der Waals surface area contributed by atoms with Gasteiger partial charge in [-0.25, -0.2) is 4.79 Å². The number of hydrogen-bond acceptors (Lipinski definition) is 4. The summed E-state index contributed by atoms with van der Waals surface area (Å²) in [5.41, 5.74) is 1.77. The van der Waals surface area contributed by atoms with Gasteiger partial charge in [0.1, 0.15) is 5.75 Å².